The topological polar surface area (TPSA) is 38.9 Å². The van der Waals surface area contributed by atoms with Gasteiger partial charge in [-0.1, -0.05) is 12.8 Å². The van der Waals surface area contributed by atoms with Crippen LogP contribution in [-0.2, 0) is 19.5 Å². The van der Waals surface area contributed by atoms with Crippen LogP contribution in [0.4, 0.5) is 0 Å². The molecule has 1 fully saturated rings. The lowest BCUT2D eigenvalue weighted by atomic mass is 9.96. The lowest BCUT2D eigenvalue weighted by Gasteiger charge is -2.37. The summed E-state index contributed by atoms with van der Waals surface area (Å²) in [5.74, 6) is 1.40. The summed E-state index contributed by atoms with van der Waals surface area (Å²) >= 11 is 6.15. The Morgan fingerprint density at radius 3 is 2.52 bits per heavy atom. The molecule has 0 amide bonds. The van der Waals surface area contributed by atoms with Crippen molar-refractivity contribution in [1.82, 2.24) is 24.2 Å². The van der Waals surface area contributed by atoms with E-state index in [0.29, 0.717) is 5.88 Å². The third-order valence-electron chi connectivity index (χ3n) is 5.02. The predicted molar refractivity (Wildman–Crippen MR) is 85.7 cm³/mol. The number of hydrogen-bond acceptors (Lipinski definition) is 3. The van der Waals surface area contributed by atoms with Gasteiger partial charge in [-0.3, -0.25) is 4.68 Å². The minimum absolute atomic E-state index is 0.215. The highest BCUT2D eigenvalue weighted by molar-refractivity contribution is 6.16. The Kier molecular flexibility index (Phi) is 3.74. The van der Waals surface area contributed by atoms with E-state index in [1.54, 1.807) is 0 Å². The number of fused-ring (bicyclic) bond motifs is 1. The minimum Gasteiger partial charge on any atom is -0.310 e. The summed E-state index contributed by atoms with van der Waals surface area (Å²) in [6.07, 6.45) is 5.07. The van der Waals surface area contributed by atoms with E-state index in [0.717, 1.165) is 29.2 Å². The lowest BCUT2D eigenvalue weighted by Crippen LogP contribution is -2.45. The molecule has 0 spiro atoms. The number of aromatic nitrogens is 4. The van der Waals surface area contributed by atoms with Crippen molar-refractivity contribution < 1.29 is 0 Å². The van der Waals surface area contributed by atoms with E-state index < -0.39 is 0 Å². The number of rotatable bonds is 4. The summed E-state index contributed by atoms with van der Waals surface area (Å²) in [4.78, 5) is 7.10. The molecule has 0 aliphatic heterocycles. The van der Waals surface area contributed by atoms with Gasteiger partial charge >= 0.3 is 0 Å². The Balaban J connectivity index is 2.10. The zero-order valence-electron chi connectivity index (χ0n) is 13.4. The molecule has 3 rings (SSSR count). The highest BCUT2D eigenvalue weighted by Gasteiger charge is 2.37. The molecule has 0 unspecified atom stereocenters. The van der Waals surface area contributed by atoms with Crippen LogP contribution in [0.3, 0.4) is 0 Å². The van der Waals surface area contributed by atoms with Crippen LogP contribution >= 0.6 is 11.6 Å². The third kappa shape index (κ3) is 2.27. The number of likely N-dealkylation sites (N-methyl/N-ethyl adjacent to an activating group) is 1. The number of halogens is 1. The Labute approximate surface area is 130 Å². The van der Waals surface area contributed by atoms with Crippen LogP contribution in [0.2, 0.25) is 0 Å². The van der Waals surface area contributed by atoms with Crippen LogP contribution < -0.4 is 0 Å². The van der Waals surface area contributed by atoms with Gasteiger partial charge in [-0.15, -0.1) is 11.6 Å². The standard InChI is InChI=1S/C15H24ClN5/c1-11-13-14(20(4)18-11)21(12(9-16)17-13)10-15(19(2)3)7-5-6-8-15/h5-10H2,1-4H3. The first-order valence-corrected chi connectivity index (χ1v) is 8.14. The molecule has 0 bridgehead atoms. The van der Waals surface area contributed by atoms with Gasteiger partial charge in [-0.25, -0.2) is 4.98 Å². The van der Waals surface area contributed by atoms with Gasteiger partial charge in [-0.2, -0.15) is 5.10 Å². The fourth-order valence-electron chi connectivity index (χ4n) is 3.72. The number of imidazole rings is 1. The van der Waals surface area contributed by atoms with Gasteiger partial charge in [0.1, 0.15) is 11.3 Å². The van der Waals surface area contributed by atoms with Crippen LogP contribution in [0.1, 0.15) is 37.2 Å². The fraction of sp³-hybridized carbons (Fsp3) is 0.733. The summed E-state index contributed by atoms with van der Waals surface area (Å²) in [7, 11) is 6.37. The summed E-state index contributed by atoms with van der Waals surface area (Å²) < 4.78 is 4.22. The Morgan fingerprint density at radius 1 is 1.29 bits per heavy atom. The van der Waals surface area contributed by atoms with E-state index in [2.05, 4.69) is 28.7 Å². The first kappa shape index (κ1) is 14.9. The molecule has 0 radical (unpaired) electrons. The SMILES string of the molecule is Cc1nn(C)c2c1nc(CCl)n2CC1(N(C)C)CCCC1. The van der Waals surface area contributed by atoms with Gasteiger partial charge in [0.2, 0.25) is 0 Å². The second-order valence-corrected chi connectivity index (χ2v) is 6.72. The van der Waals surface area contributed by atoms with Crippen LogP contribution in [0.5, 0.6) is 0 Å². The van der Waals surface area contributed by atoms with Gasteiger partial charge < -0.3 is 9.47 Å². The lowest BCUT2D eigenvalue weighted by molar-refractivity contribution is 0.134. The quantitative estimate of drug-likeness (QED) is 0.815. The van der Waals surface area contributed by atoms with Crippen molar-refractivity contribution in [3.05, 3.63) is 11.5 Å². The van der Waals surface area contributed by atoms with E-state index in [1.165, 1.54) is 25.7 Å². The van der Waals surface area contributed by atoms with Crippen LogP contribution in [0.15, 0.2) is 0 Å². The highest BCUT2D eigenvalue weighted by atomic mass is 35.5. The molecule has 21 heavy (non-hydrogen) atoms. The molecule has 1 aliphatic carbocycles. The van der Waals surface area contributed by atoms with Crippen molar-refractivity contribution in [3.8, 4) is 0 Å². The maximum Gasteiger partial charge on any atom is 0.158 e. The molecule has 0 atom stereocenters. The molecule has 0 aromatic carbocycles. The molecular weight excluding hydrogens is 286 g/mol. The van der Waals surface area contributed by atoms with Gasteiger partial charge in [0.05, 0.1) is 11.6 Å². The highest BCUT2D eigenvalue weighted by Crippen LogP contribution is 2.36. The van der Waals surface area contributed by atoms with Crippen molar-refractivity contribution in [2.24, 2.45) is 7.05 Å². The number of aryl methyl sites for hydroxylation is 2. The molecule has 0 N–H and O–H groups in total. The van der Waals surface area contributed by atoms with E-state index >= 15 is 0 Å². The van der Waals surface area contributed by atoms with E-state index in [9.17, 15) is 0 Å². The van der Waals surface area contributed by atoms with Gasteiger partial charge in [-0.05, 0) is 33.9 Å². The molecule has 0 saturated heterocycles. The van der Waals surface area contributed by atoms with Gasteiger partial charge in [0, 0.05) is 19.1 Å². The molecule has 2 aromatic rings. The average molecular weight is 310 g/mol. The Morgan fingerprint density at radius 2 is 1.95 bits per heavy atom. The minimum atomic E-state index is 0.215. The molecule has 1 saturated carbocycles. The third-order valence-corrected chi connectivity index (χ3v) is 5.26. The van der Waals surface area contributed by atoms with Crippen molar-refractivity contribution >= 4 is 22.8 Å². The molecule has 5 nitrogen and oxygen atoms in total. The van der Waals surface area contributed by atoms with Crippen LogP contribution in [0.25, 0.3) is 11.2 Å². The zero-order chi connectivity index (χ0) is 15.2. The number of hydrogen-bond donors (Lipinski definition) is 0. The Hall–Kier alpha value is -1.07. The molecule has 116 valence electrons. The Bertz CT molecular complexity index is 649. The number of alkyl halides is 1. The second kappa shape index (κ2) is 5.29. The smallest absolute Gasteiger partial charge is 0.158 e. The van der Waals surface area contributed by atoms with E-state index in [4.69, 9.17) is 16.6 Å². The molecule has 2 heterocycles. The van der Waals surface area contributed by atoms with Crippen LogP contribution in [0, 0.1) is 6.92 Å². The van der Waals surface area contributed by atoms with Crippen molar-refractivity contribution in [1.29, 1.82) is 0 Å². The predicted octanol–water partition coefficient (Wildman–Crippen LogP) is 2.69. The summed E-state index contributed by atoms with van der Waals surface area (Å²) in [6, 6.07) is 0. The normalized spacial score (nSPS) is 18.2. The average Bonchev–Trinajstić information content (AvgIpc) is 3.09. The molecule has 6 heteroatoms. The number of nitrogens with zero attached hydrogens (tertiary/aromatic N) is 5. The largest absolute Gasteiger partial charge is 0.310 e. The maximum atomic E-state index is 6.15. The monoisotopic (exact) mass is 309 g/mol. The maximum absolute atomic E-state index is 6.15. The van der Waals surface area contributed by atoms with E-state index in [1.807, 2.05) is 18.7 Å². The van der Waals surface area contributed by atoms with Gasteiger partial charge in [0.15, 0.2) is 5.65 Å². The van der Waals surface area contributed by atoms with E-state index in [-0.39, 0.29) is 5.54 Å². The van der Waals surface area contributed by atoms with Gasteiger partial charge in [0.25, 0.3) is 0 Å². The van der Waals surface area contributed by atoms with Crippen LogP contribution in [-0.4, -0.2) is 43.9 Å². The molecule has 1 aliphatic rings. The first-order valence-electron chi connectivity index (χ1n) is 7.60. The second-order valence-electron chi connectivity index (χ2n) is 6.45. The molecule has 2 aromatic heterocycles. The van der Waals surface area contributed by atoms with Crippen molar-refractivity contribution in [2.75, 3.05) is 14.1 Å². The molecular formula is C15H24ClN5. The summed E-state index contributed by atoms with van der Waals surface area (Å²) in [6.45, 7) is 2.95. The van der Waals surface area contributed by atoms with Crippen molar-refractivity contribution in [2.45, 2.75) is 50.6 Å². The fourth-order valence-corrected chi connectivity index (χ4v) is 3.93. The zero-order valence-corrected chi connectivity index (χ0v) is 14.1. The van der Waals surface area contributed by atoms with Crippen molar-refractivity contribution in [3.63, 3.8) is 0 Å². The summed E-state index contributed by atoms with van der Waals surface area (Å²) in [5, 5.41) is 4.51. The first-order chi connectivity index (χ1) is 9.98. The summed E-state index contributed by atoms with van der Waals surface area (Å²) in [5.41, 5.74) is 3.27.